The van der Waals surface area contributed by atoms with Gasteiger partial charge in [-0.25, -0.2) is 0 Å². The number of carbonyl (C=O) groups excluding carboxylic acids is 2. The maximum Gasteiger partial charge on any atom is 0.238 e. The standard InChI is InChI=1S/C17H22ClN3O2S.ClH/c18-11-5-6-14-13(7-11)21-17(23)15(24-14)8-16(22)20-12-4-2-1-3-10(12)9-19;/h5-7,10,12,15H,1-4,8-9,19H2,(H,20,22)(H,21,23);1H. The molecule has 0 radical (unpaired) electrons. The van der Waals surface area contributed by atoms with Gasteiger partial charge in [-0.05, 0) is 43.5 Å². The number of amides is 2. The van der Waals surface area contributed by atoms with Crippen molar-refractivity contribution in [3.05, 3.63) is 23.2 Å². The predicted molar refractivity (Wildman–Crippen MR) is 105 cm³/mol. The van der Waals surface area contributed by atoms with Crippen LogP contribution >= 0.6 is 35.8 Å². The van der Waals surface area contributed by atoms with E-state index in [4.69, 9.17) is 17.3 Å². The van der Waals surface area contributed by atoms with Gasteiger partial charge in [0, 0.05) is 22.4 Å². The molecule has 1 heterocycles. The van der Waals surface area contributed by atoms with Crippen LogP contribution in [0.2, 0.25) is 5.02 Å². The van der Waals surface area contributed by atoms with Gasteiger partial charge in [0.25, 0.3) is 0 Å². The zero-order valence-corrected chi connectivity index (χ0v) is 16.2. The van der Waals surface area contributed by atoms with E-state index in [0.717, 1.165) is 24.2 Å². The Morgan fingerprint density at radius 3 is 2.88 bits per heavy atom. The summed E-state index contributed by atoms with van der Waals surface area (Å²) in [6, 6.07) is 5.53. The molecule has 2 aliphatic rings. The van der Waals surface area contributed by atoms with Crippen LogP contribution in [0.5, 0.6) is 0 Å². The Morgan fingerprint density at radius 1 is 1.36 bits per heavy atom. The summed E-state index contributed by atoms with van der Waals surface area (Å²) in [5, 5.41) is 6.08. The Hall–Kier alpha value is -0.950. The van der Waals surface area contributed by atoms with Crippen LogP contribution < -0.4 is 16.4 Å². The molecule has 3 atom stereocenters. The first-order valence-corrected chi connectivity index (χ1v) is 9.59. The van der Waals surface area contributed by atoms with Gasteiger partial charge in [0.2, 0.25) is 11.8 Å². The van der Waals surface area contributed by atoms with Crippen LogP contribution in [-0.2, 0) is 9.59 Å². The zero-order chi connectivity index (χ0) is 17.1. The SMILES string of the molecule is Cl.NCC1CCCCC1NC(=O)CC1Sc2ccc(Cl)cc2NC1=O. The molecule has 0 spiro atoms. The summed E-state index contributed by atoms with van der Waals surface area (Å²) >= 11 is 7.36. The Labute approximate surface area is 163 Å². The van der Waals surface area contributed by atoms with Gasteiger partial charge in [-0.15, -0.1) is 24.2 Å². The summed E-state index contributed by atoms with van der Waals surface area (Å²) in [7, 11) is 0. The summed E-state index contributed by atoms with van der Waals surface area (Å²) in [5.41, 5.74) is 6.52. The van der Waals surface area contributed by atoms with Crippen molar-refractivity contribution in [1.82, 2.24) is 5.32 Å². The third-order valence-electron chi connectivity index (χ3n) is 4.69. The van der Waals surface area contributed by atoms with Crippen molar-refractivity contribution in [3.63, 3.8) is 0 Å². The van der Waals surface area contributed by atoms with E-state index in [1.807, 2.05) is 6.07 Å². The van der Waals surface area contributed by atoms with E-state index < -0.39 is 5.25 Å². The van der Waals surface area contributed by atoms with Crippen LogP contribution in [-0.4, -0.2) is 29.7 Å². The fraction of sp³-hybridized carbons (Fsp3) is 0.529. The minimum Gasteiger partial charge on any atom is -0.353 e. The Bertz CT molecular complexity index is 644. The van der Waals surface area contributed by atoms with Gasteiger partial charge in [-0.3, -0.25) is 9.59 Å². The number of anilines is 1. The average molecular weight is 404 g/mol. The van der Waals surface area contributed by atoms with E-state index in [9.17, 15) is 9.59 Å². The molecule has 25 heavy (non-hydrogen) atoms. The molecule has 8 heteroatoms. The molecule has 0 bridgehead atoms. The molecule has 1 aliphatic heterocycles. The molecule has 1 aromatic rings. The highest BCUT2D eigenvalue weighted by atomic mass is 35.5. The second-order valence-electron chi connectivity index (χ2n) is 6.39. The molecule has 138 valence electrons. The third kappa shape index (κ3) is 5.03. The fourth-order valence-corrected chi connectivity index (χ4v) is 4.63. The minimum absolute atomic E-state index is 0. The molecule has 3 rings (SSSR count). The van der Waals surface area contributed by atoms with Crippen LogP contribution in [0.3, 0.4) is 0 Å². The smallest absolute Gasteiger partial charge is 0.238 e. The number of halogens is 2. The number of thioether (sulfide) groups is 1. The fourth-order valence-electron chi connectivity index (χ4n) is 3.37. The highest BCUT2D eigenvalue weighted by Gasteiger charge is 2.31. The molecule has 1 fully saturated rings. The van der Waals surface area contributed by atoms with E-state index in [1.165, 1.54) is 18.2 Å². The lowest BCUT2D eigenvalue weighted by molar-refractivity contribution is -0.125. The van der Waals surface area contributed by atoms with Crippen molar-refractivity contribution in [2.24, 2.45) is 11.7 Å². The molecule has 1 aliphatic carbocycles. The van der Waals surface area contributed by atoms with Crippen molar-refractivity contribution < 1.29 is 9.59 Å². The number of carbonyl (C=O) groups is 2. The van der Waals surface area contributed by atoms with Crippen LogP contribution in [0, 0.1) is 5.92 Å². The number of fused-ring (bicyclic) bond motifs is 1. The molecular weight excluding hydrogens is 381 g/mol. The van der Waals surface area contributed by atoms with Crippen molar-refractivity contribution in [2.45, 2.75) is 48.3 Å². The average Bonchev–Trinajstić information content (AvgIpc) is 2.56. The van der Waals surface area contributed by atoms with E-state index in [1.54, 1.807) is 12.1 Å². The molecule has 4 N–H and O–H groups in total. The zero-order valence-electron chi connectivity index (χ0n) is 13.8. The first-order valence-electron chi connectivity index (χ1n) is 8.33. The van der Waals surface area contributed by atoms with Crippen LogP contribution in [0.1, 0.15) is 32.1 Å². The highest BCUT2D eigenvalue weighted by molar-refractivity contribution is 8.01. The van der Waals surface area contributed by atoms with Crippen LogP contribution in [0.15, 0.2) is 23.1 Å². The molecule has 1 aromatic carbocycles. The largest absolute Gasteiger partial charge is 0.353 e. The van der Waals surface area contributed by atoms with E-state index in [0.29, 0.717) is 23.2 Å². The number of benzene rings is 1. The van der Waals surface area contributed by atoms with Gasteiger partial charge in [0.1, 0.15) is 0 Å². The van der Waals surface area contributed by atoms with Gasteiger partial charge >= 0.3 is 0 Å². The van der Waals surface area contributed by atoms with Crippen molar-refractivity contribution in [2.75, 3.05) is 11.9 Å². The van der Waals surface area contributed by atoms with Crippen molar-refractivity contribution >= 4 is 53.3 Å². The maximum atomic E-state index is 12.4. The quantitative estimate of drug-likeness (QED) is 0.720. The number of hydrogen-bond acceptors (Lipinski definition) is 4. The van der Waals surface area contributed by atoms with E-state index in [2.05, 4.69) is 10.6 Å². The Morgan fingerprint density at radius 2 is 2.12 bits per heavy atom. The number of rotatable bonds is 4. The highest BCUT2D eigenvalue weighted by Crippen LogP contribution is 2.38. The monoisotopic (exact) mass is 403 g/mol. The van der Waals surface area contributed by atoms with Crippen molar-refractivity contribution in [1.29, 1.82) is 0 Å². The lowest BCUT2D eigenvalue weighted by Gasteiger charge is -2.32. The predicted octanol–water partition coefficient (Wildman–Crippen LogP) is 3.20. The topological polar surface area (TPSA) is 84.2 Å². The first-order chi connectivity index (χ1) is 11.6. The lowest BCUT2D eigenvalue weighted by Crippen LogP contribution is -2.46. The van der Waals surface area contributed by atoms with Gasteiger partial charge in [0.15, 0.2) is 0 Å². The van der Waals surface area contributed by atoms with Gasteiger partial charge in [0.05, 0.1) is 10.9 Å². The van der Waals surface area contributed by atoms with Gasteiger partial charge in [-0.1, -0.05) is 24.4 Å². The number of hydrogen-bond donors (Lipinski definition) is 3. The Balaban J connectivity index is 0.00000225. The summed E-state index contributed by atoms with van der Waals surface area (Å²) in [5.74, 6) is 0.118. The second kappa shape index (κ2) is 9.12. The van der Waals surface area contributed by atoms with Crippen LogP contribution in [0.4, 0.5) is 5.69 Å². The Kier molecular flexibility index (Phi) is 7.43. The van der Waals surface area contributed by atoms with E-state index >= 15 is 0 Å². The van der Waals surface area contributed by atoms with E-state index in [-0.39, 0.29) is 36.7 Å². The molecule has 5 nitrogen and oxygen atoms in total. The summed E-state index contributed by atoms with van der Waals surface area (Å²) in [6.07, 6.45) is 4.50. The summed E-state index contributed by atoms with van der Waals surface area (Å²) in [6.45, 7) is 0.595. The maximum absolute atomic E-state index is 12.4. The first kappa shape index (κ1) is 20.4. The molecule has 2 amide bonds. The van der Waals surface area contributed by atoms with Gasteiger partial charge in [-0.2, -0.15) is 0 Å². The summed E-state index contributed by atoms with van der Waals surface area (Å²) < 4.78 is 0. The van der Waals surface area contributed by atoms with Crippen LogP contribution in [0.25, 0.3) is 0 Å². The summed E-state index contributed by atoms with van der Waals surface area (Å²) in [4.78, 5) is 25.6. The number of nitrogens with two attached hydrogens (primary N) is 1. The molecule has 0 saturated heterocycles. The lowest BCUT2D eigenvalue weighted by atomic mass is 9.84. The molecular formula is C17H23Cl2N3O2S. The molecule has 1 saturated carbocycles. The molecule has 3 unspecified atom stereocenters. The normalized spacial score (nSPS) is 25.4. The molecule has 0 aromatic heterocycles. The van der Waals surface area contributed by atoms with Crippen molar-refractivity contribution in [3.8, 4) is 0 Å². The van der Waals surface area contributed by atoms with Gasteiger partial charge < -0.3 is 16.4 Å². The third-order valence-corrected chi connectivity index (χ3v) is 6.20. The second-order valence-corrected chi connectivity index (χ2v) is 8.08. The number of nitrogens with one attached hydrogen (secondary N) is 2. The minimum atomic E-state index is -0.418.